The lowest BCUT2D eigenvalue weighted by Crippen LogP contribution is -2.52. The highest BCUT2D eigenvalue weighted by atomic mass is 35.5. The number of hydrogen-bond donors (Lipinski definition) is 0. The minimum atomic E-state index is -1.75. The van der Waals surface area contributed by atoms with Crippen molar-refractivity contribution in [2.75, 3.05) is 0 Å². The predicted molar refractivity (Wildman–Crippen MR) is 78.8 cm³/mol. The minimum absolute atomic E-state index is 0.706. The van der Waals surface area contributed by atoms with Crippen LogP contribution in [0, 0.1) is 0 Å². The third kappa shape index (κ3) is 7.91. The molecule has 0 amide bonds. The second-order valence-electron chi connectivity index (χ2n) is 4.80. The lowest BCUT2D eigenvalue weighted by molar-refractivity contribution is -0.196. The molecule has 0 radical (unpaired) electrons. The molecule has 0 aromatic rings. The lowest BCUT2D eigenvalue weighted by atomic mass is 10.0. The van der Waals surface area contributed by atoms with Gasteiger partial charge in [-0.15, -0.1) is 0 Å². The summed E-state index contributed by atoms with van der Waals surface area (Å²) in [5.74, 6) is -3.25. The molecule has 0 rings (SSSR count). The summed E-state index contributed by atoms with van der Waals surface area (Å²) in [5, 5.41) is -1.16. The van der Waals surface area contributed by atoms with E-state index in [1.54, 1.807) is 0 Å². The van der Waals surface area contributed by atoms with E-state index in [4.69, 9.17) is 30.5 Å². The molecule has 9 nitrogen and oxygen atoms in total. The molecule has 0 N–H and O–H groups in total. The van der Waals surface area contributed by atoms with Gasteiger partial charge in [0, 0.05) is 27.7 Å². The van der Waals surface area contributed by atoms with Crippen LogP contribution in [0.5, 0.6) is 0 Å². The summed E-state index contributed by atoms with van der Waals surface area (Å²) in [7, 11) is 0. The van der Waals surface area contributed by atoms with Crippen molar-refractivity contribution in [3.05, 3.63) is 0 Å². The van der Waals surface area contributed by atoms with E-state index in [9.17, 15) is 24.0 Å². The van der Waals surface area contributed by atoms with Crippen LogP contribution in [0.2, 0.25) is 0 Å². The molecule has 0 bridgehead atoms. The molecule has 10 heteroatoms. The van der Waals surface area contributed by atoms with Gasteiger partial charge >= 0.3 is 23.9 Å². The molecule has 0 aliphatic heterocycles. The van der Waals surface area contributed by atoms with Crippen molar-refractivity contribution in [2.24, 2.45) is 0 Å². The number of esters is 4. The third-order valence-electron chi connectivity index (χ3n) is 2.56. The van der Waals surface area contributed by atoms with Crippen LogP contribution in [0.4, 0.5) is 0 Å². The molecule has 24 heavy (non-hydrogen) atoms. The van der Waals surface area contributed by atoms with Gasteiger partial charge in [0.2, 0.25) is 6.10 Å². The van der Waals surface area contributed by atoms with Crippen LogP contribution in [0.1, 0.15) is 34.6 Å². The van der Waals surface area contributed by atoms with E-state index in [-0.39, 0.29) is 0 Å². The molecule has 0 aromatic heterocycles. The first-order valence-corrected chi connectivity index (χ1v) is 7.21. The predicted octanol–water partition coefficient (Wildman–Crippen LogP) is 0.498. The van der Waals surface area contributed by atoms with Gasteiger partial charge in [0.05, 0.1) is 0 Å². The lowest BCUT2D eigenvalue weighted by Gasteiger charge is -2.32. The summed E-state index contributed by atoms with van der Waals surface area (Å²) < 4.78 is 19.6. The second-order valence-corrected chi connectivity index (χ2v) is 5.17. The smallest absolute Gasteiger partial charge is 0.303 e. The Balaban J connectivity index is 5.81. The Morgan fingerprint density at radius 1 is 0.667 bits per heavy atom. The number of ether oxygens (including phenoxy) is 4. The van der Waals surface area contributed by atoms with E-state index in [0.29, 0.717) is 0 Å². The van der Waals surface area contributed by atoms with Crippen molar-refractivity contribution in [3.63, 3.8) is 0 Å². The van der Waals surface area contributed by atoms with Gasteiger partial charge in [-0.05, 0) is 18.5 Å². The molecule has 0 saturated carbocycles. The highest BCUT2D eigenvalue weighted by Gasteiger charge is 2.44. The van der Waals surface area contributed by atoms with Gasteiger partial charge in [-0.2, -0.15) is 0 Å². The zero-order chi connectivity index (χ0) is 19.0. The highest BCUT2D eigenvalue weighted by molar-refractivity contribution is 6.64. The van der Waals surface area contributed by atoms with Gasteiger partial charge in [0.15, 0.2) is 12.2 Å². The molecule has 0 aromatic carbocycles. The maximum absolute atomic E-state index is 11.6. The normalized spacial score (nSPS) is 15.2. The van der Waals surface area contributed by atoms with Gasteiger partial charge < -0.3 is 18.9 Å². The van der Waals surface area contributed by atoms with Crippen molar-refractivity contribution >= 4 is 40.7 Å². The molecular weight excluding hydrogens is 348 g/mol. The van der Waals surface area contributed by atoms with Gasteiger partial charge in [0.1, 0.15) is 6.10 Å². The van der Waals surface area contributed by atoms with Gasteiger partial charge in [-0.25, -0.2) is 0 Å². The van der Waals surface area contributed by atoms with Crippen LogP contribution < -0.4 is 0 Å². The van der Waals surface area contributed by atoms with Crippen molar-refractivity contribution in [3.8, 4) is 0 Å². The van der Waals surface area contributed by atoms with Crippen molar-refractivity contribution in [2.45, 2.75) is 59.0 Å². The Kier molecular flexibility index (Phi) is 8.97. The molecule has 136 valence electrons. The Bertz CT molecular complexity index is 516. The van der Waals surface area contributed by atoms with Crippen molar-refractivity contribution in [1.82, 2.24) is 0 Å². The average Bonchev–Trinajstić information content (AvgIpc) is 2.38. The van der Waals surface area contributed by atoms with E-state index in [0.717, 1.165) is 27.7 Å². The summed E-state index contributed by atoms with van der Waals surface area (Å²) in [6.07, 6.45) is -5.91. The zero-order valence-electron chi connectivity index (χ0n) is 13.9. The Hall–Kier alpha value is -2.16. The molecule has 0 saturated heterocycles. The van der Waals surface area contributed by atoms with Crippen molar-refractivity contribution in [1.29, 1.82) is 0 Å². The Morgan fingerprint density at radius 3 is 1.38 bits per heavy atom. The quantitative estimate of drug-likeness (QED) is 0.343. The van der Waals surface area contributed by atoms with E-state index in [1.165, 1.54) is 6.92 Å². The number of carbonyl (C=O) groups is 5. The molecule has 0 aliphatic carbocycles. The third-order valence-corrected chi connectivity index (χ3v) is 2.77. The first-order valence-electron chi connectivity index (χ1n) is 6.83. The summed E-state index contributed by atoms with van der Waals surface area (Å²) in [4.78, 5) is 56.5. The van der Waals surface area contributed by atoms with Gasteiger partial charge in [0.25, 0.3) is 5.24 Å². The van der Waals surface area contributed by atoms with Crippen LogP contribution in [0.15, 0.2) is 0 Å². The van der Waals surface area contributed by atoms with Gasteiger partial charge in [-0.1, -0.05) is 0 Å². The number of hydrogen-bond acceptors (Lipinski definition) is 9. The fourth-order valence-electron chi connectivity index (χ4n) is 1.86. The molecule has 0 spiro atoms. The van der Waals surface area contributed by atoms with Gasteiger partial charge in [-0.3, -0.25) is 24.0 Å². The SMILES string of the molecule is CC(=O)OC(C)C(OC(C)=O)C(OC(C)=O)C(OC(C)=O)C(=O)Cl. The molecule has 4 unspecified atom stereocenters. The summed E-state index contributed by atoms with van der Waals surface area (Å²) in [5.41, 5.74) is 0. The zero-order valence-corrected chi connectivity index (χ0v) is 14.6. The van der Waals surface area contributed by atoms with E-state index >= 15 is 0 Å². The summed E-state index contributed by atoms with van der Waals surface area (Å²) in [6.45, 7) is 5.54. The van der Waals surface area contributed by atoms with Crippen LogP contribution in [-0.2, 0) is 42.9 Å². The molecule has 0 heterocycles. The number of rotatable bonds is 8. The number of halogens is 1. The average molecular weight is 367 g/mol. The van der Waals surface area contributed by atoms with E-state index in [2.05, 4.69) is 0 Å². The highest BCUT2D eigenvalue weighted by Crippen LogP contribution is 2.20. The Labute approximate surface area is 143 Å². The van der Waals surface area contributed by atoms with Crippen LogP contribution in [-0.4, -0.2) is 53.5 Å². The standard InChI is InChI=1S/C14H19ClO9/c1-6(21-7(2)16)11(22-8(3)17)12(23-9(4)18)13(14(15)20)24-10(5)19/h6,11-13H,1-5H3. The minimum Gasteiger partial charge on any atom is -0.459 e. The fraction of sp³-hybridized carbons (Fsp3) is 0.643. The van der Waals surface area contributed by atoms with E-state index in [1.807, 2.05) is 0 Å². The molecule has 4 atom stereocenters. The monoisotopic (exact) mass is 366 g/mol. The van der Waals surface area contributed by atoms with Crippen LogP contribution in [0.3, 0.4) is 0 Å². The van der Waals surface area contributed by atoms with Crippen molar-refractivity contribution < 1.29 is 42.9 Å². The second kappa shape index (κ2) is 9.86. The topological polar surface area (TPSA) is 122 Å². The van der Waals surface area contributed by atoms with Crippen LogP contribution >= 0.6 is 11.6 Å². The molecule has 0 fully saturated rings. The number of carbonyl (C=O) groups excluding carboxylic acids is 5. The summed E-state index contributed by atoms with van der Waals surface area (Å²) >= 11 is 5.40. The largest absolute Gasteiger partial charge is 0.459 e. The maximum Gasteiger partial charge on any atom is 0.303 e. The first-order chi connectivity index (χ1) is 11.0. The fourth-order valence-corrected chi connectivity index (χ4v) is 2.03. The summed E-state index contributed by atoms with van der Waals surface area (Å²) in [6, 6.07) is 0. The first kappa shape index (κ1) is 21.8. The maximum atomic E-state index is 11.6. The van der Waals surface area contributed by atoms with E-state index < -0.39 is 53.5 Å². The Morgan fingerprint density at radius 2 is 1.04 bits per heavy atom. The van der Waals surface area contributed by atoms with Crippen LogP contribution in [0.25, 0.3) is 0 Å². The molecular formula is C14H19ClO9. The molecule has 0 aliphatic rings.